The molecule has 0 aliphatic rings. The zero-order valence-corrected chi connectivity index (χ0v) is 13.0. The third-order valence-corrected chi connectivity index (χ3v) is 2.73. The zero-order valence-electron chi connectivity index (χ0n) is 13.0. The highest BCUT2D eigenvalue weighted by molar-refractivity contribution is 5.87. The van der Waals surface area contributed by atoms with E-state index >= 15 is 0 Å². The summed E-state index contributed by atoms with van der Waals surface area (Å²) in [6, 6.07) is 0. The van der Waals surface area contributed by atoms with Gasteiger partial charge in [0.15, 0.2) is 5.78 Å². The smallest absolute Gasteiger partial charge is 0.241 e. The van der Waals surface area contributed by atoms with E-state index in [1.165, 1.54) is 22.8 Å². The Bertz CT molecular complexity index is 378. The lowest BCUT2D eigenvalue weighted by Gasteiger charge is -2.24. The number of carbonyl (C=O) groups is 3. The fourth-order valence-corrected chi connectivity index (χ4v) is 1.48. The molecule has 0 saturated carbocycles. The van der Waals surface area contributed by atoms with Gasteiger partial charge in [-0.2, -0.15) is 0 Å². The van der Waals surface area contributed by atoms with Crippen molar-refractivity contribution in [1.82, 2.24) is 14.7 Å². The Labute approximate surface area is 121 Å². The number of hydrogen-bond donors (Lipinski definition) is 0. The summed E-state index contributed by atoms with van der Waals surface area (Å²) in [6.07, 6.45) is 3.20. The van der Waals surface area contributed by atoms with Crippen LogP contribution < -0.4 is 0 Å². The Morgan fingerprint density at radius 1 is 1.00 bits per heavy atom. The van der Waals surface area contributed by atoms with E-state index in [-0.39, 0.29) is 30.7 Å². The van der Waals surface area contributed by atoms with E-state index in [0.29, 0.717) is 13.1 Å². The molecule has 0 radical (unpaired) electrons. The Morgan fingerprint density at radius 3 is 2.05 bits per heavy atom. The molecule has 0 atom stereocenters. The molecule has 0 aliphatic heterocycles. The van der Waals surface area contributed by atoms with Gasteiger partial charge in [-0.05, 0) is 27.0 Å². The molecule has 0 unspecified atom stereocenters. The lowest BCUT2D eigenvalue weighted by Crippen LogP contribution is -2.44. The van der Waals surface area contributed by atoms with Crippen LogP contribution in [0.25, 0.3) is 0 Å². The lowest BCUT2D eigenvalue weighted by molar-refractivity contribution is -0.139. The molecule has 0 aromatic rings. The molecule has 0 fully saturated rings. The van der Waals surface area contributed by atoms with Crippen molar-refractivity contribution in [3.05, 3.63) is 12.2 Å². The first-order valence-electron chi connectivity index (χ1n) is 6.61. The molecule has 0 aromatic heterocycles. The van der Waals surface area contributed by atoms with Crippen molar-refractivity contribution < 1.29 is 14.4 Å². The van der Waals surface area contributed by atoms with Crippen molar-refractivity contribution in [2.75, 3.05) is 47.3 Å². The largest absolute Gasteiger partial charge is 0.347 e. The van der Waals surface area contributed by atoms with Gasteiger partial charge in [-0.25, -0.2) is 0 Å². The monoisotopic (exact) mass is 283 g/mol. The molecule has 0 bridgehead atoms. The molecular formula is C14H25N3O3. The highest BCUT2D eigenvalue weighted by Crippen LogP contribution is 1.95. The molecule has 0 N–H and O–H groups in total. The molecule has 114 valence electrons. The maximum absolute atomic E-state index is 12.1. The van der Waals surface area contributed by atoms with Crippen molar-refractivity contribution in [2.45, 2.75) is 13.8 Å². The predicted octanol–water partition coefficient (Wildman–Crippen LogP) is 0.000100. The van der Waals surface area contributed by atoms with Crippen LogP contribution in [0.2, 0.25) is 0 Å². The van der Waals surface area contributed by atoms with Gasteiger partial charge in [0, 0.05) is 27.2 Å². The van der Waals surface area contributed by atoms with Gasteiger partial charge in [-0.15, -0.1) is 0 Å². The van der Waals surface area contributed by atoms with Crippen molar-refractivity contribution in [1.29, 1.82) is 0 Å². The topological polar surface area (TPSA) is 60.9 Å². The average Bonchev–Trinajstić information content (AvgIpc) is 2.34. The second-order valence-electron chi connectivity index (χ2n) is 4.91. The number of nitrogens with zero attached hydrogens (tertiary/aromatic N) is 3. The lowest BCUT2D eigenvalue weighted by atomic mass is 10.3. The number of amides is 2. The maximum atomic E-state index is 12.1. The van der Waals surface area contributed by atoms with Crippen molar-refractivity contribution >= 4 is 17.6 Å². The fraction of sp³-hybridized carbons (Fsp3) is 0.643. The van der Waals surface area contributed by atoms with Gasteiger partial charge in [0.25, 0.3) is 0 Å². The first-order chi connectivity index (χ1) is 9.27. The molecule has 0 aromatic carbocycles. The first-order valence-corrected chi connectivity index (χ1v) is 6.61. The van der Waals surface area contributed by atoms with Crippen LogP contribution in [0.5, 0.6) is 0 Å². The quantitative estimate of drug-likeness (QED) is 0.588. The number of rotatable bonds is 8. The van der Waals surface area contributed by atoms with Gasteiger partial charge in [0.2, 0.25) is 11.8 Å². The Kier molecular flexibility index (Phi) is 8.47. The Hall–Kier alpha value is -1.69. The number of likely N-dealkylation sites (N-methyl/N-ethyl adjacent to an activating group) is 3. The maximum Gasteiger partial charge on any atom is 0.241 e. The Balaban J connectivity index is 4.33. The normalized spacial score (nSPS) is 10.9. The number of hydrogen-bond acceptors (Lipinski definition) is 4. The van der Waals surface area contributed by atoms with Crippen LogP contribution in [-0.4, -0.2) is 79.6 Å². The van der Waals surface area contributed by atoms with E-state index in [1.54, 1.807) is 32.1 Å². The summed E-state index contributed by atoms with van der Waals surface area (Å²) in [4.78, 5) is 39.2. The second kappa shape index (κ2) is 9.25. The Morgan fingerprint density at radius 2 is 1.60 bits per heavy atom. The third-order valence-electron chi connectivity index (χ3n) is 2.73. The van der Waals surface area contributed by atoms with E-state index in [0.717, 1.165) is 0 Å². The molecule has 0 heterocycles. The van der Waals surface area contributed by atoms with E-state index in [4.69, 9.17) is 0 Å². The average molecular weight is 283 g/mol. The van der Waals surface area contributed by atoms with Gasteiger partial charge < -0.3 is 9.80 Å². The summed E-state index contributed by atoms with van der Waals surface area (Å²) in [6.45, 7) is 4.65. The summed E-state index contributed by atoms with van der Waals surface area (Å²) in [5.74, 6) is -0.211. The van der Waals surface area contributed by atoms with Gasteiger partial charge in [0.1, 0.15) is 0 Å². The summed E-state index contributed by atoms with van der Waals surface area (Å²) in [7, 11) is 5.13. The summed E-state index contributed by atoms with van der Waals surface area (Å²) >= 11 is 0. The molecule has 0 rings (SSSR count). The first kappa shape index (κ1) is 18.3. The standard InChI is InChI=1S/C14H25N3O3/c1-6-17(11-13(19)15(3)4)14(20)10-16(5)9-7-8-12(2)18/h7-8H,6,9-11H2,1-5H3/b8-7+. The van der Waals surface area contributed by atoms with Gasteiger partial charge in [0.05, 0.1) is 13.1 Å². The molecule has 6 heteroatoms. The minimum Gasteiger partial charge on any atom is -0.347 e. The van der Waals surface area contributed by atoms with Crippen molar-refractivity contribution in [2.24, 2.45) is 0 Å². The van der Waals surface area contributed by atoms with Crippen molar-refractivity contribution in [3.63, 3.8) is 0 Å². The van der Waals surface area contributed by atoms with E-state index in [1.807, 2.05) is 6.92 Å². The number of carbonyl (C=O) groups excluding carboxylic acids is 3. The van der Waals surface area contributed by atoms with Crippen LogP contribution >= 0.6 is 0 Å². The van der Waals surface area contributed by atoms with Gasteiger partial charge in [-0.3, -0.25) is 19.3 Å². The second-order valence-corrected chi connectivity index (χ2v) is 4.91. The van der Waals surface area contributed by atoms with E-state index < -0.39 is 0 Å². The highest BCUT2D eigenvalue weighted by Gasteiger charge is 2.17. The van der Waals surface area contributed by atoms with E-state index in [9.17, 15) is 14.4 Å². The minimum absolute atomic E-state index is 0.0171. The van der Waals surface area contributed by atoms with Crippen LogP contribution in [0.4, 0.5) is 0 Å². The molecular weight excluding hydrogens is 258 g/mol. The number of ketones is 1. The van der Waals surface area contributed by atoms with Crippen molar-refractivity contribution in [3.8, 4) is 0 Å². The molecule has 0 saturated heterocycles. The zero-order chi connectivity index (χ0) is 15.7. The molecule has 20 heavy (non-hydrogen) atoms. The van der Waals surface area contributed by atoms with E-state index in [2.05, 4.69) is 0 Å². The van der Waals surface area contributed by atoms with Crippen LogP contribution in [0.3, 0.4) is 0 Å². The number of allylic oxidation sites excluding steroid dienone is 1. The molecule has 2 amide bonds. The fourth-order valence-electron chi connectivity index (χ4n) is 1.48. The SMILES string of the molecule is CCN(CC(=O)N(C)C)C(=O)CN(C)C/C=C/C(C)=O. The molecule has 0 spiro atoms. The highest BCUT2D eigenvalue weighted by atomic mass is 16.2. The third kappa shape index (κ3) is 7.68. The predicted molar refractivity (Wildman–Crippen MR) is 78.3 cm³/mol. The van der Waals surface area contributed by atoms with Crippen LogP contribution in [0, 0.1) is 0 Å². The van der Waals surface area contributed by atoms with Gasteiger partial charge in [-0.1, -0.05) is 6.08 Å². The van der Waals surface area contributed by atoms with Crippen LogP contribution in [-0.2, 0) is 14.4 Å². The van der Waals surface area contributed by atoms with Crippen LogP contribution in [0.1, 0.15) is 13.8 Å². The molecule has 6 nitrogen and oxygen atoms in total. The molecule has 0 aliphatic carbocycles. The minimum atomic E-state index is -0.0978. The summed E-state index contributed by atoms with van der Waals surface area (Å²) in [5, 5.41) is 0. The van der Waals surface area contributed by atoms with Gasteiger partial charge >= 0.3 is 0 Å². The summed E-state index contributed by atoms with van der Waals surface area (Å²) in [5.41, 5.74) is 0. The summed E-state index contributed by atoms with van der Waals surface area (Å²) < 4.78 is 0. The van der Waals surface area contributed by atoms with Crippen LogP contribution in [0.15, 0.2) is 12.2 Å².